The topological polar surface area (TPSA) is 49.4 Å². The second-order valence-electron chi connectivity index (χ2n) is 8.11. The molecule has 1 N–H and O–H groups in total. The van der Waals surface area contributed by atoms with E-state index >= 15 is 0 Å². The Labute approximate surface area is 176 Å². The summed E-state index contributed by atoms with van der Waals surface area (Å²) in [7, 11) is -3.45. The van der Waals surface area contributed by atoms with Gasteiger partial charge >= 0.3 is 0 Å². The summed E-state index contributed by atoms with van der Waals surface area (Å²) in [6.07, 6.45) is 7.62. The van der Waals surface area contributed by atoms with Crippen molar-refractivity contribution in [2.45, 2.75) is 69.4 Å². The number of piperidine rings is 1. The van der Waals surface area contributed by atoms with Crippen molar-refractivity contribution in [1.29, 1.82) is 0 Å². The van der Waals surface area contributed by atoms with Crippen LogP contribution in [0.4, 0.5) is 0 Å². The molecular formula is C24H34N2O2S. The number of nitrogens with zero attached hydrogens (tertiary/aromatic N) is 1. The predicted molar refractivity (Wildman–Crippen MR) is 119 cm³/mol. The molecule has 3 rings (SSSR count). The van der Waals surface area contributed by atoms with Crippen molar-refractivity contribution in [1.82, 2.24) is 9.62 Å². The maximum absolute atomic E-state index is 12.8. The lowest BCUT2D eigenvalue weighted by atomic mass is 10.1. The van der Waals surface area contributed by atoms with Crippen LogP contribution in [0.3, 0.4) is 0 Å². The Bertz CT molecular complexity index is 827. The molecular weight excluding hydrogens is 380 g/mol. The Kier molecular flexibility index (Phi) is 8.28. The average molecular weight is 415 g/mol. The molecule has 1 aliphatic heterocycles. The number of rotatable bonds is 10. The lowest BCUT2D eigenvalue weighted by Gasteiger charge is -2.32. The first-order valence-electron chi connectivity index (χ1n) is 10.9. The lowest BCUT2D eigenvalue weighted by molar-refractivity contribution is 0.200. The Hall–Kier alpha value is -1.69. The average Bonchev–Trinajstić information content (AvgIpc) is 2.74. The molecule has 1 saturated heterocycles. The summed E-state index contributed by atoms with van der Waals surface area (Å²) < 4.78 is 28.4. The van der Waals surface area contributed by atoms with E-state index in [1.807, 2.05) is 18.2 Å². The van der Waals surface area contributed by atoms with E-state index in [-0.39, 0.29) is 6.04 Å². The molecule has 1 heterocycles. The van der Waals surface area contributed by atoms with Gasteiger partial charge in [-0.15, -0.1) is 0 Å². The molecule has 0 bridgehead atoms. The first-order valence-corrected chi connectivity index (χ1v) is 12.4. The van der Waals surface area contributed by atoms with Gasteiger partial charge in [0.05, 0.1) is 4.90 Å². The van der Waals surface area contributed by atoms with E-state index in [9.17, 15) is 8.42 Å². The number of likely N-dealkylation sites (tertiary alicyclic amines) is 1. The second-order valence-corrected chi connectivity index (χ2v) is 9.83. The van der Waals surface area contributed by atoms with E-state index in [2.05, 4.69) is 40.8 Å². The van der Waals surface area contributed by atoms with Gasteiger partial charge in [-0.1, -0.05) is 68.7 Å². The number of unbranched alkanes of at least 4 members (excludes halogenated alkanes) is 3. The van der Waals surface area contributed by atoms with Crippen LogP contribution in [-0.2, 0) is 23.0 Å². The zero-order valence-corrected chi connectivity index (χ0v) is 18.3. The van der Waals surface area contributed by atoms with E-state index in [1.54, 1.807) is 12.1 Å². The fourth-order valence-corrected chi connectivity index (χ4v) is 5.23. The van der Waals surface area contributed by atoms with Gasteiger partial charge in [-0.2, -0.15) is 0 Å². The minimum Gasteiger partial charge on any atom is -0.299 e. The normalized spacial score (nSPS) is 16.2. The molecule has 0 aliphatic carbocycles. The molecule has 0 saturated carbocycles. The third-order valence-corrected chi connectivity index (χ3v) is 7.25. The van der Waals surface area contributed by atoms with Crippen LogP contribution in [0.25, 0.3) is 0 Å². The molecule has 0 aromatic heterocycles. The van der Waals surface area contributed by atoms with Crippen molar-refractivity contribution < 1.29 is 8.42 Å². The van der Waals surface area contributed by atoms with Crippen molar-refractivity contribution in [3.8, 4) is 0 Å². The first kappa shape index (κ1) is 22.0. The highest BCUT2D eigenvalue weighted by Gasteiger charge is 2.24. The van der Waals surface area contributed by atoms with Gasteiger partial charge < -0.3 is 0 Å². The van der Waals surface area contributed by atoms with E-state index in [4.69, 9.17) is 0 Å². The first-order chi connectivity index (χ1) is 14.1. The summed E-state index contributed by atoms with van der Waals surface area (Å²) in [5.41, 5.74) is 2.52. The molecule has 4 nitrogen and oxygen atoms in total. The molecule has 29 heavy (non-hydrogen) atoms. The van der Waals surface area contributed by atoms with Gasteiger partial charge in [0.1, 0.15) is 0 Å². The van der Waals surface area contributed by atoms with Gasteiger partial charge in [-0.05, 0) is 48.9 Å². The number of hydrogen-bond acceptors (Lipinski definition) is 3. The van der Waals surface area contributed by atoms with Crippen LogP contribution in [0.2, 0.25) is 0 Å². The van der Waals surface area contributed by atoms with Crippen LogP contribution < -0.4 is 4.72 Å². The molecule has 0 radical (unpaired) electrons. The van der Waals surface area contributed by atoms with Crippen molar-refractivity contribution in [3.63, 3.8) is 0 Å². The number of benzene rings is 2. The summed E-state index contributed by atoms with van der Waals surface area (Å²) >= 11 is 0. The maximum Gasteiger partial charge on any atom is 0.240 e. The summed E-state index contributed by atoms with van der Waals surface area (Å²) in [5.74, 6) is 0. The molecule has 0 unspecified atom stereocenters. The fourth-order valence-electron chi connectivity index (χ4n) is 3.93. The standard InChI is InChI=1S/C24H34N2O2S/c1-2-3-4-6-9-21-12-14-24(15-13-21)29(27,28)25-23-16-18-26(19-17-23)20-22-10-7-5-8-11-22/h5,7-8,10-15,23,25H,2-4,6,9,16-20H2,1H3. The Morgan fingerprint density at radius 2 is 1.59 bits per heavy atom. The van der Waals surface area contributed by atoms with Crippen LogP contribution >= 0.6 is 0 Å². The van der Waals surface area contributed by atoms with Crippen molar-refractivity contribution in [2.75, 3.05) is 13.1 Å². The third-order valence-electron chi connectivity index (χ3n) is 5.71. The Morgan fingerprint density at radius 1 is 0.897 bits per heavy atom. The smallest absolute Gasteiger partial charge is 0.240 e. The van der Waals surface area contributed by atoms with Gasteiger partial charge in [0, 0.05) is 25.7 Å². The molecule has 0 spiro atoms. The van der Waals surface area contributed by atoms with Gasteiger partial charge in [-0.25, -0.2) is 13.1 Å². The highest BCUT2D eigenvalue weighted by Crippen LogP contribution is 2.18. The summed E-state index contributed by atoms with van der Waals surface area (Å²) in [5, 5.41) is 0. The zero-order chi connectivity index (χ0) is 20.5. The highest BCUT2D eigenvalue weighted by molar-refractivity contribution is 7.89. The SMILES string of the molecule is CCCCCCc1ccc(S(=O)(=O)NC2CCN(Cc3ccccc3)CC2)cc1. The van der Waals surface area contributed by atoms with Crippen LogP contribution in [0.15, 0.2) is 59.5 Å². The van der Waals surface area contributed by atoms with Crippen LogP contribution in [-0.4, -0.2) is 32.4 Å². The monoisotopic (exact) mass is 414 g/mol. The number of sulfonamides is 1. The lowest BCUT2D eigenvalue weighted by Crippen LogP contribution is -2.44. The Balaban J connectivity index is 1.47. The van der Waals surface area contributed by atoms with E-state index < -0.39 is 10.0 Å². The van der Waals surface area contributed by atoms with Gasteiger partial charge in [0.25, 0.3) is 0 Å². The molecule has 158 valence electrons. The van der Waals surface area contributed by atoms with Crippen molar-refractivity contribution in [2.24, 2.45) is 0 Å². The third kappa shape index (κ3) is 6.95. The molecule has 5 heteroatoms. The molecule has 1 fully saturated rings. The summed E-state index contributed by atoms with van der Waals surface area (Å²) in [6.45, 7) is 4.97. The largest absolute Gasteiger partial charge is 0.299 e. The minimum atomic E-state index is -3.45. The molecule has 1 aliphatic rings. The number of aryl methyl sites for hydroxylation is 1. The maximum atomic E-state index is 12.8. The van der Waals surface area contributed by atoms with E-state index in [0.29, 0.717) is 4.90 Å². The van der Waals surface area contributed by atoms with Gasteiger partial charge in [-0.3, -0.25) is 4.90 Å². The summed E-state index contributed by atoms with van der Waals surface area (Å²) in [4.78, 5) is 2.77. The molecule has 2 aromatic carbocycles. The quantitative estimate of drug-likeness (QED) is 0.571. The van der Waals surface area contributed by atoms with Gasteiger partial charge in [0.2, 0.25) is 10.0 Å². The van der Waals surface area contributed by atoms with Crippen LogP contribution in [0, 0.1) is 0 Å². The molecule has 0 atom stereocenters. The van der Waals surface area contributed by atoms with Crippen molar-refractivity contribution in [3.05, 3.63) is 65.7 Å². The minimum absolute atomic E-state index is 0.0146. The van der Waals surface area contributed by atoms with Crippen LogP contribution in [0.5, 0.6) is 0 Å². The predicted octanol–water partition coefficient (Wildman–Crippen LogP) is 4.75. The summed E-state index contributed by atoms with van der Waals surface area (Å²) in [6, 6.07) is 17.9. The molecule has 0 amide bonds. The molecule has 2 aromatic rings. The number of hydrogen-bond donors (Lipinski definition) is 1. The number of nitrogens with one attached hydrogen (secondary N) is 1. The van der Waals surface area contributed by atoms with Gasteiger partial charge in [0.15, 0.2) is 0 Å². The second kappa shape index (κ2) is 10.9. The zero-order valence-electron chi connectivity index (χ0n) is 17.5. The highest BCUT2D eigenvalue weighted by atomic mass is 32.2. The fraction of sp³-hybridized carbons (Fsp3) is 0.500. The van der Waals surface area contributed by atoms with E-state index in [0.717, 1.165) is 38.9 Å². The van der Waals surface area contributed by atoms with Crippen LogP contribution in [0.1, 0.15) is 56.6 Å². The van der Waals surface area contributed by atoms with Crippen molar-refractivity contribution >= 4 is 10.0 Å². The Morgan fingerprint density at radius 3 is 2.24 bits per heavy atom. The van der Waals surface area contributed by atoms with E-state index in [1.165, 1.54) is 36.8 Å².